The first-order valence-electron chi connectivity index (χ1n) is 7.57. The summed E-state index contributed by atoms with van der Waals surface area (Å²) in [5.74, 6) is 5.54. The van der Waals surface area contributed by atoms with E-state index in [0.29, 0.717) is 11.0 Å². The van der Waals surface area contributed by atoms with Crippen LogP contribution in [0.3, 0.4) is 0 Å². The van der Waals surface area contributed by atoms with Crippen molar-refractivity contribution in [3.05, 3.63) is 35.4 Å². The fraction of sp³-hybridized carbons (Fsp3) is 0.500. The van der Waals surface area contributed by atoms with Crippen molar-refractivity contribution in [2.24, 2.45) is 5.41 Å². The van der Waals surface area contributed by atoms with Crippen LogP contribution in [0.5, 0.6) is 0 Å². The zero-order chi connectivity index (χ0) is 15.3. The number of aliphatic hydroxyl groups excluding tert-OH is 1. The van der Waals surface area contributed by atoms with Crippen LogP contribution in [-0.2, 0) is 0 Å². The van der Waals surface area contributed by atoms with Crippen molar-refractivity contribution in [3.63, 3.8) is 0 Å². The molecule has 1 aromatic rings. The third-order valence-corrected chi connectivity index (χ3v) is 4.55. The molecule has 1 fully saturated rings. The summed E-state index contributed by atoms with van der Waals surface area (Å²) in [6.07, 6.45) is 3.33. The van der Waals surface area contributed by atoms with Gasteiger partial charge in [-0.1, -0.05) is 32.1 Å². The van der Waals surface area contributed by atoms with Crippen molar-refractivity contribution >= 4 is 5.91 Å². The van der Waals surface area contributed by atoms with Crippen LogP contribution in [-0.4, -0.2) is 35.6 Å². The maximum Gasteiger partial charge on any atom is 0.253 e. The minimum Gasteiger partial charge on any atom is -0.384 e. The number of likely N-dealkylation sites (tertiary alicyclic amines) is 1. The van der Waals surface area contributed by atoms with Crippen LogP contribution < -0.4 is 0 Å². The highest BCUT2D eigenvalue weighted by atomic mass is 16.2. The van der Waals surface area contributed by atoms with Gasteiger partial charge in [0.25, 0.3) is 5.91 Å². The second-order valence-electron chi connectivity index (χ2n) is 5.99. The highest BCUT2D eigenvalue weighted by Gasteiger charge is 2.30. The van der Waals surface area contributed by atoms with E-state index in [1.807, 2.05) is 29.2 Å². The van der Waals surface area contributed by atoms with Crippen LogP contribution in [0.2, 0.25) is 0 Å². The Kier molecular flexibility index (Phi) is 5.03. The van der Waals surface area contributed by atoms with Crippen molar-refractivity contribution in [2.75, 3.05) is 19.7 Å². The number of benzene rings is 1. The van der Waals surface area contributed by atoms with Crippen LogP contribution in [0.25, 0.3) is 0 Å². The van der Waals surface area contributed by atoms with E-state index < -0.39 is 0 Å². The van der Waals surface area contributed by atoms with Gasteiger partial charge in [0.1, 0.15) is 6.61 Å². The third-order valence-electron chi connectivity index (χ3n) is 4.55. The fourth-order valence-corrected chi connectivity index (χ4v) is 2.62. The van der Waals surface area contributed by atoms with Crippen molar-refractivity contribution in [1.29, 1.82) is 0 Å². The van der Waals surface area contributed by atoms with Gasteiger partial charge in [0.15, 0.2) is 0 Å². The Morgan fingerprint density at radius 1 is 1.29 bits per heavy atom. The smallest absolute Gasteiger partial charge is 0.253 e. The van der Waals surface area contributed by atoms with Gasteiger partial charge in [-0.05, 0) is 42.5 Å². The summed E-state index contributed by atoms with van der Waals surface area (Å²) < 4.78 is 0. The van der Waals surface area contributed by atoms with E-state index in [0.717, 1.165) is 31.5 Å². The lowest BCUT2D eigenvalue weighted by atomic mass is 9.78. The Morgan fingerprint density at radius 2 is 1.90 bits per heavy atom. The summed E-state index contributed by atoms with van der Waals surface area (Å²) >= 11 is 0. The Balaban J connectivity index is 2.01. The number of hydrogen-bond donors (Lipinski definition) is 1. The molecule has 0 spiro atoms. The monoisotopic (exact) mass is 285 g/mol. The number of amides is 1. The van der Waals surface area contributed by atoms with Gasteiger partial charge in [-0.2, -0.15) is 0 Å². The first-order valence-corrected chi connectivity index (χ1v) is 7.57. The lowest BCUT2D eigenvalue weighted by Gasteiger charge is -2.39. The van der Waals surface area contributed by atoms with Crippen LogP contribution >= 0.6 is 0 Å². The molecule has 1 N–H and O–H groups in total. The summed E-state index contributed by atoms with van der Waals surface area (Å²) in [5, 5.41) is 8.67. The van der Waals surface area contributed by atoms with E-state index in [9.17, 15) is 4.79 Å². The number of rotatable bonds is 2. The van der Waals surface area contributed by atoms with Crippen LogP contribution in [0.4, 0.5) is 0 Å². The zero-order valence-corrected chi connectivity index (χ0v) is 12.9. The molecule has 0 bridgehead atoms. The van der Waals surface area contributed by atoms with E-state index in [-0.39, 0.29) is 12.5 Å². The summed E-state index contributed by atoms with van der Waals surface area (Å²) in [6, 6.07) is 7.29. The van der Waals surface area contributed by atoms with Crippen molar-refractivity contribution in [2.45, 2.75) is 33.1 Å². The van der Waals surface area contributed by atoms with Gasteiger partial charge in [-0.3, -0.25) is 4.79 Å². The molecule has 1 amide bonds. The van der Waals surface area contributed by atoms with Crippen LogP contribution in [0.1, 0.15) is 49.0 Å². The third kappa shape index (κ3) is 3.86. The average Bonchev–Trinajstić information content (AvgIpc) is 2.53. The minimum absolute atomic E-state index is 0.106. The predicted molar refractivity (Wildman–Crippen MR) is 83.9 cm³/mol. The molecular weight excluding hydrogens is 262 g/mol. The second-order valence-corrected chi connectivity index (χ2v) is 5.99. The highest BCUT2D eigenvalue weighted by molar-refractivity contribution is 5.94. The van der Waals surface area contributed by atoms with E-state index >= 15 is 0 Å². The van der Waals surface area contributed by atoms with E-state index in [1.165, 1.54) is 6.42 Å². The largest absolute Gasteiger partial charge is 0.384 e. The number of hydrogen-bond acceptors (Lipinski definition) is 2. The molecule has 1 saturated heterocycles. The molecule has 21 heavy (non-hydrogen) atoms. The molecule has 1 aromatic carbocycles. The molecule has 1 aliphatic rings. The maximum atomic E-state index is 12.5. The minimum atomic E-state index is -0.148. The number of carbonyl (C=O) groups is 1. The maximum absolute atomic E-state index is 12.5. The molecule has 112 valence electrons. The number of nitrogens with zero attached hydrogens (tertiary/aromatic N) is 1. The first kappa shape index (κ1) is 15.6. The highest BCUT2D eigenvalue weighted by Crippen LogP contribution is 2.34. The fourth-order valence-electron chi connectivity index (χ4n) is 2.62. The van der Waals surface area contributed by atoms with E-state index in [4.69, 9.17) is 5.11 Å². The quantitative estimate of drug-likeness (QED) is 0.849. The molecule has 0 aromatic heterocycles. The molecule has 0 saturated carbocycles. The second kappa shape index (κ2) is 6.78. The topological polar surface area (TPSA) is 40.5 Å². The lowest BCUT2D eigenvalue weighted by Crippen LogP contribution is -2.41. The number of piperidine rings is 1. The molecule has 0 unspecified atom stereocenters. The molecule has 0 radical (unpaired) electrons. The molecule has 0 aliphatic carbocycles. The molecule has 1 heterocycles. The summed E-state index contributed by atoms with van der Waals surface area (Å²) in [5.41, 5.74) is 1.92. The Hall–Kier alpha value is -1.79. The molecule has 3 heteroatoms. The van der Waals surface area contributed by atoms with Gasteiger partial charge < -0.3 is 10.0 Å². The van der Waals surface area contributed by atoms with Gasteiger partial charge in [0, 0.05) is 24.2 Å². The Labute approximate surface area is 127 Å². The summed E-state index contributed by atoms with van der Waals surface area (Å²) in [6.45, 7) is 6.07. The SMILES string of the molecule is CCC1(C)CCN(C(=O)c2ccc(C#CCO)cc2)CC1. The summed E-state index contributed by atoms with van der Waals surface area (Å²) in [4.78, 5) is 14.4. The van der Waals surface area contributed by atoms with Gasteiger partial charge in [0.05, 0.1) is 0 Å². The van der Waals surface area contributed by atoms with Gasteiger partial charge in [-0.25, -0.2) is 0 Å². The van der Waals surface area contributed by atoms with Gasteiger partial charge >= 0.3 is 0 Å². The van der Waals surface area contributed by atoms with Crippen molar-refractivity contribution in [3.8, 4) is 11.8 Å². The standard InChI is InChI=1S/C18H23NO2/c1-3-18(2)10-12-19(13-11-18)17(21)16-8-6-15(7-9-16)5-4-14-20/h6-9,20H,3,10-14H2,1-2H3. The summed E-state index contributed by atoms with van der Waals surface area (Å²) in [7, 11) is 0. The van der Waals surface area contributed by atoms with Gasteiger partial charge in [-0.15, -0.1) is 0 Å². The van der Waals surface area contributed by atoms with Crippen molar-refractivity contribution < 1.29 is 9.90 Å². The molecule has 3 nitrogen and oxygen atoms in total. The zero-order valence-electron chi connectivity index (χ0n) is 12.9. The van der Waals surface area contributed by atoms with Crippen LogP contribution in [0.15, 0.2) is 24.3 Å². The normalized spacial score (nSPS) is 17.0. The lowest BCUT2D eigenvalue weighted by molar-refractivity contribution is 0.0600. The Bertz CT molecular complexity index is 543. The molecular formula is C18H23NO2. The molecule has 1 aliphatic heterocycles. The Morgan fingerprint density at radius 3 is 2.43 bits per heavy atom. The van der Waals surface area contributed by atoms with E-state index in [2.05, 4.69) is 25.7 Å². The predicted octanol–water partition coefficient (Wildman–Crippen LogP) is 2.68. The van der Waals surface area contributed by atoms with Crippen molar-refractivity contribution in [1.82, 2.24) is 4.90 Å². The molecule has 2 rings (SSSR count). The number of aliphatic hydroxyl groups is 1. The number of carbonyl (C=O) groups excluding carboxylic acids is 1. The molecule has 0 atom stereocenters. The first-order chi connectivity index (χ1) is 10.1. The average molecular weight is 285 g/mol. The van der Waals surface area contributed by atoms with Gasteiger partial charge in [0.2, 0.25) is 0 Å². The van der Waals surface area contributed by atoms with E-state index in [1.54, 1.807) is 0 Å². The van der Waals surface area contributed by atoms with Crippen LogP contribution in [0, 0.1) is 17.3 Å².